The maximum Gasteiger partial charge on any atom is 0.0875 e. The van der Waals surface area contributed by atoms with Crippen LogP contribution in [0.4, 0.5) is 5.69 Å². The molecule has 18 heavy (non-hydrogen) atoms. The van der Waals surface area contributed by atoms with E-state index in [-0.39, 0.29) is 6.04 Å². The Kier molecular flexibility index (Phi) is 3.25. The van der Waals surface area contributed by atoms with Crippen LogP contribution in [0.15, 0.2) is 24.5 Å². The maximum absolute atomic E-state index is 11.0. The van der Waals surface area contributed by atoms with Crippen molar-refractivity contribution in [3.05, 3.63) is 24.5 Å². The number of hydrogen-bond donors (Lipinski definition) is 2. The fourth-order valence-electron chi connectivity index (χ4n) is 3.77. The Bertz CT molecular complexity index is 393. The summed E-state index contributed by atoms with van der Waals surface area (Å²) in [7, 11) is 0. The number of anilines is 1. The number of nitrogens with one attached hydrogen (secondary N) is 1. The van der Waals surface area contributed by atoms with Crippen molar-refractivity contribution in [2.24, 2.45) is 5.92 Å². The van der Waals surface area contributed by atoms with Crippen LogP contribution in [-0.4, -0.2) is 21.7 Å². The van der Waals surface area contributed by atoms with Gasteiger partial charge in [0.2, 0.25) is 0 Å². The Morgan fingerprint density at radius 2 is 2.11 bits per heavy atom. The molecule has 98 valence electrons. The van der Waals surface area contributed by atoms with E-state index >= 15 is 0 Å². The van der Waals surface area contributed by atoms with Crippen LogP contribution in [0.25, 0.3) is 0 Å². The average Bonchev–Trinajstić information content (AvgIpc) is 2.41. The monoisotopic (exact) mass is 246 g/mol. The summed E-state index contributed by atoms with van der Waals surface area (Å²) in [4.78, 5) is 4.13. The molecule has 3 heteroatoms. The first-order valence-electron chi connectivity index (χ1n) is 7.18. The second-order valence-corrected chi connectivity index (χ2v) is 5.80. The molecular weight excluding hydrogens is 224 g/mol. The molecule has 2 saturated carbocycles. The van der Waals surface area contributed by atoms with Gasteiger partial charge in [0.05, 0.1) is 17.3 Å². The van der Waals surface area contributed by atoms with Gasteiger partial charge in [0.25, 0.3) is 0 Å². The smallest absolute Gasteiger partial charge is 0.0875 e. The number of fused-ring (bicyclic) bond motifs is 1. The lowest BCUT2D eigenvalue weighted by Gasteiger charge is -2.49. The molecule has 0 aliphatic heterocycles. The summed E-state index contributed by atoms with van der Waals surface area (Å²) in [5.74, 6) is 0.495. The van der Waals surface area contributed by atoms with Crippen molar-refractivity contribution in [3.8, 4) is 0 Å². The van der Waals surface area contributed by atoms with Gasteiger partial charge in [-0.3, -0.25) is 4.98 Å². The number of aliphatic hydroxyl groups is 1. The van der Waals surface area contributed by atoms with Crippen molar-refractivity contribution >= 4 is 5.69 Å². The summed E-state index contributed by atoms with van der Waals surface area (Å²) in [5, 5.41) is 14.5. The summed E-state index contributed by atoms with van der Waals surface area (Å²) in [6, 6.07) is 4.16. The van der Waals surface area contributed by atoms with Gasteiger partial charge >= 0.3 is 0 Å². The first kappa shape index (κ1) is 12.0. The summed E-state index contributed by atoms with van der Waals surface area (Å²) in [6.45, 7) is 0. The second-order valence-electron chi connectivity index (χ2n) is 5.80. The van der Waals surface area contributed by atoms with E-state index in [9.17, 15) is 5.11 Å². The second kappa shape index (κ2) is 4.88. The zero-order valence-electron chi connectivity index (χ0n) is 10.8. The van der Waals surface area contributed by atoms with Gasteiger partial charge in [0.1, 0.15) is 0 Å². The summed E-state index contributed by atoms with van der Waals surface area (Å²) >= 11 is 0. The van der Waals surface area contributed by atoms with Crippen molar-refractivity contribution in [2.45, 2.75) is 56.6 Å². The van der Waals surface area contributed by atoms with E-state index in [1.165, 1.54) is 25.7 Å². The van der Waals surface area contributed by atoms with Crippen molar-refractivity contribution in [3.63, 3.8) is 0 Å². The predicted octanol–water partition coefficient (Wildman–Crippen LogP) is 2.97. The van der Waals surface area contributed by atoms with Gasteiger partial charge in [0.15, 0.2) is 0 Å². The number of rotatable bonds is 2. The van der Waals surface area contributed by atoms with Gasteiger partial charge in [-0.25, -0.2) is 0 Å². The van der Waals surface area contributed by atoms with Crippen LogP contribution in [0.5, 0.6) is 0 Å². The number of pyridine rings is 1. The Hall–Kier alpha value is -1.09. The lowest BCUT2D eigenvalue weighted by atomic mass is 9.65. The van der Waals surface area contributed by atoms with Crippen LogP contribution < -0.4 is 5.32 Å². The zero-order chi connectivity index (χ0) is 12.4. The van der Waals surface area contributed by atoms with Crippen LogP contribution in [0.2, 0.25) is 0 Å². The SMILES string of the molecule is O[C@]12CCCC[C@@H]1CCC[C@H]2Nc1cccnc1. The largest absolute Gasteiger partial charge is 0.387 e. The molecule has 0 unspecified atom stereocenters. The quantitative estimate of drug-likeness (QED) is 0.843. The maximum atomic E-state index is 11.0. The molecule has 2 N–H and O–H groups in total. The molecule has 1 aromatic rings. The normalized spacial score (nSPS) is 35.8. The molecule has 2 fully saturated rings. The lowest BCUT2D eigenvalue weighted by Crippen LogP contribution is -2.56. The molecule has 0 radical (unpaired) electrons. The van der Waals surface area contributed by atoms with Gasteiger partial charge in [-0.05, 0) is 43.7 Å². The first-order chi connectivity index (χ1) is 8.79. The van der Waals surface area contributed by atoms with Crippen LogP contribution in [-0.2, 0) is 0 Å². The number of hydrogen-bond acceptors (Lipinski definition) is 3. The Labute approximate surface area is 109 Å². The average molecular weight is 246 g/mol. The molecule has 1 aromatic heterocycles. The fourth-order valence-corrected chi connectivity index (χ4v) is 3.77. The molecule has 2 aliphatic carbocycles. The van der Waals surface area contributed by atoms with Gasteiger partial charge < -0.3 is 10.4 Å². The fraction of sp³-hybridized carbons (Fsp3) is 0.667. The minimum absolute atomic E-state index is 0.195. The van der Waals surface area contributed by atoms with Crippen LogP contribution in [0.3, 0.4) is 0 Å². The first-order valence-corrected chi connectivity index (χ1v) is 7.18. The molecule has 0 amide bonds. The molecule has 2 aliphatic rings. The highest BCUT2D eigenvalue weighted by Crippen LogP contribution is 2.44. The molecule has 3 atom stereocenters. The van der Waals surface area contributed by atoms with E-state index in [0.29, 0.717) is 5.92 Å². The van der Waals surface area contributed by atoms with Crippen molar-refractivity contribution in [1.82, 2.24) is 4.98 Å². The molecule has 3 rings (SSSR count). The third kappa shape index (κ3) is 2.12. The molecule has 3 nitrogen and oxygen atoms in total. The Morgan fingerprint density at radius 1 is 1.22 bits per heavy atom. The highest BCUT2D eigenvalue weighted by atomic mass is 16.3. The number of nitrogens with zero attached hydrogens (tertiary/aromatic N) is 1. The molecule has 0 aromatic carbocycles. The highest BCUT2D eigenvalue weighted by Gasteiger charge is 2.47. The van der Waals surface area contributed by atoms with Crippen molar-refractivity contribution < 1.29 is 5.11 Å². The third-order valence-corrected chi connectivity index (χ3v) is 4.74. The Morgan fingerprint density at radius 3 is 2.94 bits per heavy atom. The highest BCUT2D eigenvalue weighted by molar-refractivity contribution is 5.42. The molecular formula is C15H22N2O. The Balaban J connectivity index is 1.78. The van der Waals surface area contributed by atoms with Crippen molar-refractivity contribution in [1.29, 1.82) is 0 Å². The van der Waals surface area contributed by atoms with Gasteiger partial charge in [-0.2, -0.15) is 0 Å². The third-order valence-electron chi connectivity index (χ3n) is 4.74. The van der Waals surface area contributed by atoms with E-state index in [0.717, 1.165) is 24.9 Å². The van der Waals surface area contributed by atoms with E-state index < -0.39 is 5.60 Å². The standard InChI is InChI=1S/C15H22N2O/c18-15-9-2-1-5-12(15)6-3-8-14(15)17-13-7-4-10-16-11-13/h4,7,10-12,14,17-18H,1-3,5-6,8-9H2/t12-,14-,15-/m1/s1. The summed E-state index contributed by atoms with van der Waals surface area (Å²) in [6.07, 6.45) is 11.7. The van der Waals surface area contributed by atoms with Gasteiger partial charge in [0, 0.05) is 12.4 Å². The van der Waals surface area contributed by atoms with Crippen LogP contribution >= 0.6 is 0 Å². The molecule has 0 bridgehead atoms. The van der Waals surface area contributed by atoms with E-state index in [2.05, 4.69) is 10.3 Å². The van der Waals surface area contributed by atoms with E-state index in [1.807, 2.05) is 18.3 Å². The number of aromatic nitrogens is 1. The summed E-state index contributed by atoms with van der Waals surface area (Å²) in [5.41, 5.74) is 0.536. The summed E-state index contributed by atoms with van der Waals surface area (Å²) < 4.78 is 0. The molecule has 0 saturated heterocycles. The van der Waals surface area contributed by atoms with Crippen LogP contribution in [0, 0.1) is 5.92 Å². The minimum atomic E-state index is -0.494. The van der Waals surface area contributed by atoms with Crippen molar-refractivity contribution in [2.75, 3.05) is 5.32 Å². The topological polar surface area (TPSA) is 45.1 Å². The van der Waals surface area contributed by atoms with E-state index in [4.69, 9.17) is 0 Å². The van der Waals surface area contributed by atoms with Gasteiger partial charge in [-0.15, -0.1) is 0 Å². The van der Waals surface area contributed by atoms with Gasteiger partial charge in [-0.1, -0.05) is 19.3 Å². The molecule has 1 heterocycles. The zero-order valence-corrected chi connectivity index (χ0v) is 10.8. The lowest BCUT2D eigenvalue weighted by molar-refractivity contribution is -0.0835. The minimum Gasteiger partial charge on any atom is -0.387 e. The predicted molar refractivity (Wildman–Crippen MR) is 72.4 cm³/mol. The molecule has 0 spiro atoms. The van der Waals surface area contributed by atoms with E-state index in [1.54, 1.807) is 6.20 Å². The van der Waals surface area contributed by atoms with Crippen LogP contribution in [0.1, 0.15) is 44.9 Å².